The van der Waals surface area contributed by atoms with Crippen molar-refractivity contribution in [2.75, 3.05) is 0 Å². The Labute approximate surface area is 117 Å². The van der Waals surface area contributed by atoms with E-state index in [-0.39, 0.29) is 0 Å². The summed E-state index contributed by atoms with van der Waals surface area (Å²) in [6.07, 6.45) is 4.27. The van der Waals surface area contributed by atoms with Gasteiger partial charge in [-0.25, -0.2) is 0 Å². The number of benzene rings is 2. The quantitative estimate of drug-likeness (QED) is 0.628. The SMILES string of the molecule is C=Cc1ccccc1-c1ccc(CCC)cc1.CC. The highest BCUT2D eigenvalue weighted by molar-refractivity contribution is 5.74. The van der Waals surface area contributed by atoms with Crippen molar-refractivity contribution in [2.24, 2.45) is 0 Å². The Hall–Kier alpha value is -1.82. The molecule has 2 rings (SSSR count). The maximum Gasteiger partial charge on any atom is -0.0112 e. The Bertz CT molecular complexity index is 492. The summed E-state index contributed by atoms with van der Waals surface area (Å²) < 4.78 is 0. The Balaban J connectivity index is 0.000000861. The van der Waals surface area contributed by atoms with Gasteiger partial charge in [-0.2, -0.15) is 0 Å². The van der Waals surface area contributed by atoms with Crippen molar-refractivity contribution in [3.8, 4) is 11.1 Å². The van der Waals surface area contributed by atoms with Crippen LogP contribution in [0.1, 0.15) is 38.3 Å². The predicted octanol–water partition coefficient (Wildman–Crippen LogP) is 5.98. The van der Waals surface area contributed by atoms with E-state index >= 15 is 0 Å². The lowest BCUT2D eigenvalue weighted by Crippen LogP contribution is -1.85. The first-order valence-corrected chi connectivity index (χ1v) is 7.16. The molecule has 0 nitrogen and oxygen atoms in total. The Morgan fingerprint density at radius 2 is 1.58 bits per heavy atom. The van der Waals surface area contributed by atoms with Crippen LogP contribution in [0.2, 0.25) is 0 Å². The highest BCUT2D eigenvalue weighted by Gasteiger charge is 2.01. The summed E-state index contributed by atoms with van der Waals surface area (Å²) >= 11 is 0. The second-order valence-corrected chi connectivity index (χ2v) is 4.24. The molecule has 2 aromatic rings. The molecule has 0 amide bonds. The molecule has 0 N–H and O–H groups in total. The Morgan fingerprint density at radius 1 is 0.947 bits per heavy atom. The van der Waals surface area contributed by atoms with Gasteiger partial charge in [0.25, 0.3) is 0 Å². The standard InChI is InChI=1S/C17H18.C2H6/c1-3-7-14-10-12-16(13-11-14)17-9-6-5-8-15(17)4-2;1-2/h4-6,8-13H,2-3,7H2,1H3;1-2H3. The lowest BCUT2D eigenvalue weighted by Gasteiger charge is -2.07. The van der Waals surface area contributed by atoms with Crippen LogP contribution in [0.25, 0.3) is 17.2 Å². The van der Waals surface area contributed by atoms with Crippen molar-refractivity contribution in [3.63, 3.8) is 0 Å². The van der Waals surface area contributed by atoms with Crippen LogP contribution in [0.15, 0.2) is 55.1 Å². The van der Waals surface area contributed by atoms with Crippen LogP contribution in [0, 0.1) is 0 Å². The van der Waals surface area contributed by atoms with Crippen molar-refractivity contribution in [1.29, 1.82) is 0 Å². The number of hydrogen-bond donors (Lipinski definition) is 0. The molecular formula is C19H24. The molecule has 0 bridgehead atoms. The molecule has 2 aromatic carbocycles. The van der Waals surface area contributed by atoms with E-state index in [1.165, 1.54) is 28.7 Å². The average Bonchev–Trinajstić information content (AvgIpc) is 2.50. The summed E-state index contributed by atoms with van der Waals surface area (Å²) in [5.41, 5.74) is 5.12. The van der Waals surface area contributed by atoms with Crippen molar-refractivity contribution < 1.29 is 0 Å². The molecule has 19 heavy (non-hydrogen) atoms. The van der Waals surface area contributed by atoms with Crippen molar-refractivity contribution in [1.82, 2.24) is 0 Å². The highest BCUT2D eigenvalue weighted by atomic mass is 14.1. The summed E-state index contributed by atoms with van der Waals surface area (Å²) in [6.45, 7) is 10.1. The minimum absolute atomic E-state index is 1.16. The molecule has 0 aliphatic carbocycles. The van der Waals surface area contributed by atoms with Crippen LogP contribution in [-0.4, -0.2) is 0 Å². The van der Waals surface area contributed by atoms with Gasteiger partial charge in [0.2, 0.25) is 0 Å². The lowest BCUT2D eigenvalue weighted by atomic mass is 9.98. The second-order valence-electron chi connectivity index (χ2n) is 4.24. The highest BCUT2D eigenvalue weighted by Crippen LogP contribution is 2.24. The molecule has 0 aromatic heterocycles. The third-order valence-electron chi connectivity index (χ3n) is 2.98. The molecule has 0 aliphatic heterocycles. The summed E-state index contributed by atoms with van der Waals surface area (Å²) in [4.78, 5) is 0. The first kappa shape index (κ1) is 15.2. The van der Waals surface area contributed by atoms with E-state index in [1.807, 2.05) is 26.0 Å². The predicted molar refractivity (Wildman–Crippen MR) is 87.3 cm³/mol. The van der Waals surface area contributed by atoms with Gasteiger partial charge < -0.3 is 0 Å². The Kier molecular flexibility index (Phi) is 6.67. The van der Waals surface area contributed by atoms with Crippen LogP contribution in [0.3, 0.4) is 0 Å². The van der Waals surface area contributed by atoms with E-state index in [2.05, 4.69) is 56.0 Å². The minimum Gasteiger partial charge on any atom is -0.0984 e. The largest absolute Gasteiger partial charge is 0.0984 e. The molecule has 0 saturated heterocycles. The summed E-state index contributed by atoms with van der Waals surface area (Å²) in [7, 11) is 0. The topological polar surface area (TPSA) is 0 Å². The minimum atomic E-state index is 1.16. The van der Waals surface area contributed by atoms with E-state index in [4.69, 9.17) is 0 Å². The molecule has 0 heterocycles. The number of hydrogen-bond acceptors (Lipinski definition) is 0. The molecule has 0 spiro atoms. The fourth-order valence-corrected chi connectivity index (χ4v) is 2.08. The average molecular weight is 252 g/mol. The van der Waals surface area contributed by atoms with E-state index < -0.39 is 0 Å². The van der Waals surface area contributed by atoms with Gasteiger partial charge >= 0.3 is 0 Å². The van der Waals surface area contributed by atoms with Gasteiger partial charge in [0.15, 0.2) is 0 Å². The zero-order chi connectivity index (χ0) is 14.1. The van der Waals surface area contributed by atoms with Crippen molar-refractivity contribution in [3.05, 3.63) is 66.2 Å². The van der Waals surface area contributed by atoms with Crippen LogP contribution in [0.4, 0.5) is 0 Å². The van der Waals surface area contributed by atoms with Gasteiger partial charge in [0.05, 0.1) is 0 Å². The maximum atomic E-state index is 3.86. The molecule has 0 fully saturated rings. The Morgan fingerprint density at radius 3 is 2.16 bits per heavy atom. The van der Waals surface area contributed by atoms with Gasteiger partial charge in [0, 0.05) is 0 Å². The van der Waals surface area contributed by atoms with E-state index in [9.17, 15) is 0 Å². The number of rotatable bonds is 4. The van der Waals surface area contributed by atoms with Crippen molar-refractivity contribution >= 4 is 6.08 Å². The molecule has 0 atom stereocenters. The van der Waals surface area contributed by atoms with Gasteiger partial charge in [-0.05, 0) is 28.7 Å². The van der Waals surface area contributed by atoms with E-state index in [0.717, 1.165) is 6.42 Å². The van der Waals surface area contributed by atoms with Gasteiger partial charge in [-0.3, -0.25) is 0 Å². The fraction of sp³-hybridized carbons (Fsp3) is 0.263. The first-order chi connectivity index (χ1) is 9.35. The summed E-state index contributed by atoms with van der Waals surface area (Å²) in [6, 6.07) is 17.2. The summed E-state index contributed by atoms with van der Waals surface area (Å²) in [5, 5.41) is 0. The molecule has 0 radical (unpaired) electrons. The fourth-order valence-electron chi connectivity index (χ4n) is 2.08. The number of aryl methyl sites for hydroxylation is 1. The van der Waals surface area contributed by atoms with Crippen LogP contribution in [0.5, 0.6) is 0 Å². The smallest absolute Gasteiger partial charge is 0.0112 e. The normalized spacial score (nSPS) is 9.42. The molecule has 0 heteroatoms. The van der Waals surface area contributed by atoms with Crippen molar-refractivity contribution in [2.45, 2.75) is 33.6 Å². The lowest BCUT2D eigenvalue weighted by molar-refractivity contribution is 0.922. The third kappa shape index (κ3) is 4.10. The molecule has 0 aliphatic rings. The zero-order valence-electron chi connectivity index (χ0n) is 12.3. The van der Waals surface area contributed by atoms with Gasteiger partial charge in [-0.15, -0.1) is 0 Å². The van der Waals surface area contributed by atoms with Crippen LogP contribution < -0.4 is 0 Å². The van der Waals surface area contributed by atoms with Gasteiger partial charge in [-0.1, -0.05) is 88.4 Å². The van der Waals surface area contributed by atoms with Gasteiger partial charge in [0.1, 0.15) is 0 Å². The monoisotopic (exact) mass is 252 g/mol. The molecule has 100 valence electrons. The van der Waals surface area contributed by atoms with Crippen LogP contribution in [-0.2, 0) is 6.42 Å². The first-order valence-electron chi connectivity index (χ1n) is 7.16. The van der Waals surface area contributed by atoms with Crippen LogP contribution >= 0.6 is 0 Å². The van der Waals surface area contributed by atoms with E-state index in [1.54, 1.807) is 0 Å². The molecular weight excluding hydrogens is 228 g/mol. The maximum absolute atomic E-state index is 3.86. The zero-order valence-corrected chi connectivity index (χ0v) is 12.3. The summed E-state index contributed by atoms with van der Waals surface area (Å²) in [5.74, 6) is 0. The molecule has 0 saturated carbocycles. The second kappa shape index (κ2) is 8.31. The van der Waals surface area contributed by atoms with E-state index in [0.29, 0.717) is 0 Å². The third-order valence-corrected chi connectivity index (χ3v) is 2.98. The molecule has 0 unspecified atom stereocenters.